The summed E-state index contributed by atoms with van der Waals surface area (Å²) in [6.07, 6.45) is 3.68. The Hall–Kier alpha value is -1.93. The monoisotopic (exact) mass is 512 g/mol. The molecule has 0 amide bonds. The smallest absolute Gasteiger partial charge is 0.316 e. The number of hydrogen-bond acceptors (Lipinski definition) is 7. The molecule has 0 saturated heterocycles. The van der Waals surface area contributed by atoms with E-state index in [4.69, 9.17) is 14.6 Å². The summed E-state index contributed by atoms with van der Waals surface area (Å²) in [4.78, 5) is 25.0. The van der Waals surface area contributed by atoms with E-state index in [-0.39, 0.29) is 42.4 Å². The first-order chi connectivity index (χ1) is 16.3. The van der Waals surface area contributed by atoms with Crippen LogP contribution in [0.25, 0.3) is 0 Å². The second-order valence-electron chi connectivity index (χ2n) is 10.5. The Bertz CT molecular complexity index is 923. The topological polar surface area (TPSA) is 107 Å². The molecule has 0 spiro atoms. The molecule has 0 heterocycles. The lowest BCUT2D eigenvalue weighted by atomic mass is 9.75. The highest BCUT2D eigenvalue weighted by Crippen LogP contribution is 2.36. The fourth-order valence-corrected chi connectivity index (χ4v) is 6.03. The summed E-state index contributed by atoms with van der Waals surface area (Å²) in [5.41, 5.74) is 0.363. The first-order valence-electron chi connectivity index (χ1n) is 12.5. The summed E-state index contributed by atoms with van der Waals surface area (Å²) in [7, 11) is -1.98. The summed E-state index contributed by atoms with van der Waals surface area (Å²) in [6.45, 7) is 9.62. The summed E-state index contributed by atoms with van der Waals surface area (Å²) in [5, 5.41) is 9.02. The van der Waals surface area contributed by atoms with E-state index in [0.717, 1.165) is 24.0 Å². The quantitative estimate of drug-likeness (QED) is 0.256. The number of benzene rings is 1. The lowest BCUT2D eigenvalue weighted by Crippen LogP contribution is -2.35. The molecule has 0 aliphatic rings. The van der Waals surface area contributed by atoms with Crippen LogP contribution in [0.1, 0.15) is 90.2 Å². The Balaban J connectivity index is 3.13. The minimum atomic E-state index is -3.35. The predicted octanol–water partition coefficient (Wildman–Crippen LogP) is 4.56. The zero-order valence-electron chi connectivity index (χ0n) is 22.3. The maximum absolute atomic E-state index is 13.3. The number of sulfone groups is 1. The van der Waals surface area contributed by atoms with Gasteiger partial charge in [-0.25, -0.2) is 8.42 Å². The molecule has 1 aromatic rings. The molecule has 1 N–H and O–H groups in total. The highest BCUT2D eigenvalue weighted by Gasteiger charge is 2.38. The first kappa shape index (κ1) is 31.1. The average Bonchev–Trinajstić information content (AvgIpc) is 2.77. The van der Waals surface area contributed by atoms with Crippen LogP contribution in [0.4, 0.5) is 0 Å². The number of aliphatic hydroxyl groups is 1. The molecule has 7 nitrogen and oxygen atoms in total. The number of aliphatic hydroxyl groups excluding tert-OH is 1. The van der Waals surface area contributed by atoms with Gasteiger partial charge in [0.15, 0.2) is 9.84 Å². The van der Waals surface area contributed by atoms with Crippen LogP contribution < -0.4 is 0 Å². The minimum Gasteiger partial charge on any atom is -0.469 e. The van der Waals surface area contributed by atoms with Gasteiger partial charge in [0.2, 0.25) is 0 Å². The molecule has 0 radical (unpaired) electrons. The van der Waals surface area contributed by atoms with Crippen molar-refractivity contribution in [1.82, 2.24) is 0 Å². The maximum Gasteiger partial charge on any atom is 0.316 e. The van der Waals surface area contributed by atoms with Gasteiger partial charge >= 0.3 is 11.9 Å². The number of rotatable bonds is 16. The van der Waals surface area contributed by atoms with Crippen molar-refractivity contribution in [1.29, 1.82) is 0 Å². The third-order valence-corrected chi connectivity index (χ3v) is 8.54. The predicted molar refractivity (Wildman–Crippen MR) is 138 cm³/mol. The second kappa shape index (κ2) is 14.0. The van der Waals surface area contributed by atoms with E-state index in [1.54, 1.807) is 0 Å². The highest BCUT2D eigenvalue weighted by atomic mass is 32.2. The van der Waals surface area contributed by atoms with Gasteiger partial charge in [-0.05, 0) is 48.6 Å². The molecule has 200 valence electrons. The lowest BCUT2D eigenvalue weighted by molar-refractivity contribution is -0.150. The van der Waals surface area contributed by atoms with E-state index < -0.39 is 20.7 Å². The van der Waals surface area contributed by atoms with Crippen LogP contribution in [-0.2, 0) is 34.3 Å². The molecule has 0 aliphatic heterocycles. The van der Waals surface area contributed by atoms with Crippen LogP contribution >= 0.6 is 0 Å². The fraction of sp³-hybridized carbons (Fsp3) is 0.704. The lowest BCUT2D eigenvalue weighted by Gasteiger charge is -2.31. The Morgan fingerprint density at radius 3 is 2.40 bits per heavy atom. The Morgan fingerprint density at radius 2 is 1.80 bits per heavy atom. The van der Waals surface area contributed by atoms with Gasteiger partial charge in [-0.1, -0.05) is 64.8 Å². The molecule has 0 aliphatic carbocycles. The summed E-state index contributed by atoms with van der Waals surface area (Å²) in [6, 6.07) is 7.70. The van der Waals surface area contributed by atoms with Crippen molar-refractivity contribution in [2.24, 2.45) is 5.41 Å². The van der Waals surface area contributed by atoms with Crippen molar-refractivity contribution in [3.63, 3.8) is 0 Å². The number of unbranched alkanes of at least 4 members (excludes halogenated alkanes) is 1. The van der Waals surface area contributed by atoms with Crippen LogP contribution in [0.2, 0.25) is 0 Å². The molecule has 2 atom stereocenters. The van der Waals surface area contributed by atoms with Crippen molar-refractivity contribution < 1.29 is 32.6 Å². The van der Waals surface area contributed by atoms with E-state index in [1.807, 2.05) is 58.9 Å². The van der Waals surface area contributed by atoms with Crippen molar-refractivity contribution in [3.05, 3.63) is 35.4 Å². The van der Waals surface area contributed by atoms with Crippen LogP contribution in [0.3, 0.4) is 0 Å². The normalized spacial score (nSPS) is 14.7. The van der Waals surface area contributed by atoms with Gasteiger partial charge in [-0.2, -0.15) is 0 Å². The third kappa shape index (κ3) is 10.3. The average molecular weight is 513 g/mol. The van der Waals surface area contributed by atoms with Crippen LogP contribution in [0.15, 0.2) is 24.3 Å². The Morgan fingerprint density at radius 1 is 1.11 bits per heavy atom. The first-order valence-corrected chi connectivity index (χ1v) is 14.3. The molecule has 1 unspecified atom stereocenters. The number of carbonyl (C=O) groups is 2. The Kier molecular flexibility index (Phi) is 12.4. The molecule has 1 aromatic carbocycles. The molecule has 0 aromatic heterocycles. The zero-order valence-corrected chi connectivity index (χ0v) is 23.1. The van der Waals surface area contributed by atoms with Gasteiger partial charge in [0.25, 0.3) is 0 Å². The van der Waals surface area contributed by atoms with Gasteiger partial charge in [-0.15, -0.1) is 0 Å². The van der Waals surface area contributed by atoms with E-state index in [2.05, 4.69) is 0 Å². The van der Waals surface area contributed by atoms with Crippen LogP contribution in [0, 0.1) is 5.41 Å². The van der Waals surface area contributed by atoms with Crippen molar-refractivity contribution in [2.75, 3.05) is 31.8 Å². The van der Waals surface area contributed by atoms with Crippen molar-refractivity contribution in [2.45, 2.75) is 84.5 Å². The van der Waals surface area contributed by atoms with Gasteiger partial charge in [0, 0.05) is 0 Å². The zero-order chi connectivity index (χ0) is 26.7. The number of esters is 2. The number of ether oxygens (including phenoxy) is 2. The molecule has 0 fully saturated rings. The summed E-state index contributed by atoms with van der Waals surface area (Å²) >= 11 is 0. The van der Waals surface area contributed by atoms with E-state index >= 15 is 0 Å². The van der Waals surface area contributed by atoms with E-state index in [9.17, 15) is 18.0 Å². The largest absolute Gasteiger partial charge is 0.469 e. The SMILES string of the molecule is CCCCOC(=O)[C@](C)(CCCC(C)(C)CS(=O)(=O)CCO)c1cccc(C(C)CC(=O)OC)c1. The number of hydrogen-bond donors (Lipinski definition) is 1. The van der Waals surface area contributed by atoms with Gasteiger partial charge in [0.05, 0.1) is 43.7 Å². The van der Waals surface area contributed by atoms with Crippen molar-refractivity contribution in [3.8, 4) is 0 Å². The molecular weight excluding hydrogens is 468 g/mol. The minimum absolute atomic E-state index is 0.0151. The van der Waals surface area contributed by atoms with Crippen LogP contribution in [0.5, 0.6) is 0 Å². The summed E-state index contributed by atoms with van der Waals surface area (Å²) < 4.78 is 34.9. The van der Waals surface area contributed by atoms with Crippen molar-refractivity contribution >= 4 is 21.8 Å². The second-order valence-corrected chi connectivity index (χ2v) is 12.6. The fourth-order valence-electron chi connectivity index (χ4n) is 4.27. The van der Waals surface area contributed by atoms with Gasteiger partial charge < -0.3 is 14.6 Å². The standard InChI is InChI=1S/C27H44O7S/c1-7-8-16-34-25(30)27(5,14-10-13-26(3,4)20-35(31,32)17-15-28)23-12-9-11-22(19-23)21(2)18-24(29)33-6/h9,11-12,19,21,28H,7-8,10,13-18,20H2,1-6H3/t21?,27-/m1/s1. The molecule has 35 heavy (non-hydrogen) atoms. The number of carbonyl (C=O) groups excluding carboxylic acids is 2. The van der Waals surface area contributed by atoms with Gasteiger partial charge in [-0.3, -0.25) is 9.59 Å². The molecule has 8 heteroatoms. The van der Waals surface area contributed by atoms with Crippen LogP contribution in [-0.4, -0.2) is 57.3 Å². The molecular formula is C27H44O7S. The van der Waals surface area contributed by atoms with E-state index in [1.165, 1.54) is 7.11 Å². The third-order valence-electron chi connectivity index (χ3n) is 6.52. The summed E-state index contributed by atoms with van der Waals surface area (Å²) in [5.74, 6) is -0.913. The maximum atomic E-state index is 13.3. The number of methoxy groups -OCH3 is 1. The molecule has 1 rings (SSSR count). The molecule has 0 saturated carbocycles. The molecule has 0 bridgehead atoms. The highest BCUT2D eigenvalue weighted by molar-refractivity contribution is 7.91. The van der Waals surface area contributed by atoms with Gasteiger partial charge in [0.1, 0.15) is 0 Å². The Labute approximate surface area is 211 Å². The van der Waals surface area contributed by atoms with E-state index in [0.29, 0.717) is 25.9 Å².